The Morgan fingerprint density at radius 1 is 1.23 bits per heavy atom. The molecule has 0 bridgehead atoms. The van der Waals surface area contributed by atoms with Gasteiger partial charge >= 0.3 is 5.69 Å². The highest BCUT2D eigenvalue weighted by Gasteiger charge is 2.31. The van der Waals surface area contributed by atoms with Gasteiger partial charge in [-0.1, -0.05) is 0 Å². The lowest BCUT2D eigenvalue weighted by Gasteiger charge is -2.38. The monoisotopic (exact) mass is 441 g/mol. The highest BCUT2D eigenvalue weighted by atomic mass is 32.2. The summed E-state index contributed by atoms with van der Waals surface area (Å²) >= 11 is 0. The highest BCUT2D eigenvalue weighted by Crippen LogP contribution is 2.31. The minimum absolute atomic E-state index is 0.0841. The molecule has 0 spiro atoms. The molecule has 166 valence electrons. The van der Waals surface area contributed by atoms with E-state index in [-0.39, 0.29) is 61.5 Å². The van der Waals surface area contributed by atoms with E-state index in [0.717, 1.165) is 25.3 Å². The summed E-state index contributed by atoms with van der Waals surface area (Å²) in [6.07, 6.45) is 2.87. The number of rotatable bonds is 6. The molecule has 1 amide bonds. The number of amides is 1. The Kier molecular flexibility index (Phi) is 6.94. The van der Waals surface area contributed by atoms with Gasteiger partial charge < -0.3 is 14.4 Å². The van der Waals surface area contributed by atoms with Gasteiger partial charge in [-0.15, -0.1) is 0 Å². The predicted molar refractivity (Wildman–Crippen MR) is 108 cm³/mol. The lowest BCUT2D eigenvalue weighted by Crippen LogP contribution is -2.49. The molecule has 0 saturated carbocycles. The van der Waals surface area contributed by atoms with Crippen molar-refractivity contribution >= 4 is 21.6 Å². The number of hydrogen-bond donors (Lipinski definition) is 0. The van der Waals surface area contributed by atoms with Gasteiger partial charge in [0.15, 0.2) is 12.4 Å². The Bertz CT molecular complexity index is 889. The van der Waals surface area contributed by atoms with E-state index in [1.54, 1.807) is 4.90 Å². The molecule has 30 heavy (non-hydrogen) atoms. The molecule has 1 aromatic carbocycles. The van der Waals surface area contributed by atoms with Crippen LogP contribution in [0.5, 0.6) is 5.75 Å². The van der Waals surface area contributed by atoms with E-state index in [4.69, 9.17) is 9.47 Å². The summed E-state index contributed by atoms with van der Waals surface area (Å²) in [6.45, 7) is 4.54. The van der Waals surface area contributed by atoms with Crippen molar-refractivity contribution < 1.29 is 27.6 Å². The number of morpholine rings is 1. The van der Waals surface area contributed by atoms with E-state index < -0.39 is 20.6 Å². The molecule has 11 heteroatoms. The molecule has 0 N–H and O–H groups in total. The first-order valence-electron chi connectivity index (χ1n) is 10.0. The SMILES string of the molecule is CC1CCCC(C)N1C(=O)COc1ccc(S(=O)(=O)N2CCOCC2)cc1[N+](=O)[O-]. The summed E-state index contributed by atoms with van der Waals surface area (Å²) in [6, 6.07) is 3.66. The highest BCUT2D eigenvalue weighted by molar-refractivity contribution is 7.89. The number of nitro benzene ring substituents is 1. The van der Waals surface area contributed by atoms with Crippen molar-refractivity contribution in [2.45, 2.75) is 50.1 Å². The van der Waals surface area contributed by atoms with Crippen LogP contribution in [0.3, 0.4) is 0 Å². The number of nitrogens with zero attached hydrogens (tertiary/aromatic N) is 3. The zero-order valence-electron chi connectivity index (χ0n) is 17.2. The molecular weight excluding hydrogens is 414 g/mol. The Morgan fingerprint density at radius 2 is 1.87 bits per heavy atom. The van der Waals surface area contributed by atoms with Gasteiger partial charge in [0.1, 0.15) is 0 Å². The Hall–Kier alpha value is -2.24. The van der Waals surface area contributed by atoms with Crippen molar-refractivity contribution in [2.75, 3.05) is 32.9 Å². The summed E-state index contributed by atoms with van der Waals surface area (Å²) < 4.78 is 37.4. The van der Waals surface area contributed by atoms with Gasteiger partial charge in [0.25, 0.3) is 5.91 Å². The standard InChI is InChI=1S/C19H27N3O7S/c1-14-4-3-5-15(2)21(14)19(23)13-29-18-7-6-16(12-17(18)22(24)25)30(26,27)20-8-10-28-11-9-20/h6-7,12,14-15H,3-5,8-11,13H2,1-2H3. The maximum absolute atomic E-state index is 12.8. The van der Waals surface area contributed by atoms with Crippen molar-refractivity contribution in [3.8, 4) is 5.75 Å². The van der Waals surface area contributed by atoms with Gasteiger partial charge in [0.2, 0.25) is 10.0 Å². The van der Waals surface area contributed by atoms with Gasteiger partial charge in [0.05, 0.1) is 23.0 Å². The fraction of sp³-hybridized carbons (Fsp3) is 0.632. The van der Waals surface area contributed by atoms with Gasteiger partial charge in [-0.3, -0.25) is 14.9 Å². The van der Waals surface area contributed by atoms with Crippen molar-refractivity contribution in [3.05, 3.63) is 28.3 Å². The van der Waals surface area contributed by atoms with Crippen LogP contribution in [0.25, 0.3) is 0 Å². The number of nitro groups is 1. The van der Waals surface area contributed by atoms with E-state index >= 15 is 0 Å². The maximum Gasteiger partial charge on any atom is 0.312 e. The number of ether oxygens (including phenoxy) is 2. The number of hydrogen-bond acceptors (Lipinski definition) is 7. The number of likely N-dealkylation sites (tertiary alicyclic amines) is 1. The largest absolute Gasteiger partial charge is 0.477 e. The zero-order valence-corrected chi connectivity index (χ0v) is 18.0. The van der Waals surface area contributed by atoms with E-state index in [0.29, 0.717) is 0 Å². The van der Waals surface area contributed by atoms with Gasteiger partial charge in [-0.2, -0.15) is 4.31 Å². The molecule has 0 aliphatic carbocycles. The zero-order chi connectivity index (χ0) is 21.9. The second-order valence-corrected chi connectivity index (χ2v) is 9.56. The third-order valence-electron chi connectivity index (χ3n) is 5.57. The quantitative estimate of drug-likeness (QED) is 0.487. The molecule has 2 unspecified atom stereocenters. The Morgan fingerprint density at radius 3 is 2.47 bits per heavy atom. The first kappa shape index (κ1) is 22.4. The summed E-state index contributed by atoms with van der Waals surface area (Å²) in [7, 11) is -3.88. The minimum Gasteiger partial charge on any atom is -0.477 e. The van der Waals surface area contributed by atoms with Crippen LogP contribution in [0, 0.1) is 10.1 Å². The molecule has 0 radical (unpaired) electrons. The smallest absolute Gasteiger partial charge is 0.312 e. The summed E-state index contributed by atoms with van der Waals surface area (Å²) in [5, 5.41) is 11.5. The molecule has 0 aromatic heterocycles. The second kappa shape index (κ2) is 9.27. The molecule has 3 rings (SSSR count). The number of piperidine rings is 1. The fourth-order valence-corrected chi connectivity index (χ4v) is 5.41. The maximum atomic E-state index is 12.8. The van der Waals surface area contributed by atoms with E-state index in [1.807, 2.05) is 13.8 Å². The summed E-state index contributed by atoms with van der Waals surface area (Å²) in [5.74, 6) is -0.374. The Labute approximate surface area is 175 Å². The molecule has 1 aromatic rings. The van der Waals surface area contributed by atoms with Crippen molar-refractivity contribution in [2.24, 2.45) is 0 Å². The average Bonchev–Trinajstić information content (AvgIpc) is 2.72. The van der Waals surface area contributed by atoms with E-state index in [9.17, 15) is 23.3 Å². The Balaban J connectivity index is 1.77. The second-order valence-electron chi connectivity index (χ2n) is 7.62. The topological polar surface area (TPSA) is 119 Å². The fourth-order valence-electron chi connectivity index (χ4n) is 3.99. The summed E-state index contributed by atoms with van der Waals surface area (Å²) in [5.41, 5.74) is -0.489. The first-order chi connectivity index (χ1) is 14.2. The van der Waals surface area contributed by atoms with Crippen LogP contribution in [-0.4, -0.2) is 73.4 Å². The van der Waals surface area contributed by atoms with Gasteiger partial charge in [-0.25, -0.2) is 8.42 Å². The molecule has 2 heterocycles. The first-order valence-corrected chi connectivity index (χ1v) is 11.5. The van der Waals surface area contributed by atoms with Crippen LogP contribution >= 0.6 is 0 Å². The minimum atomic E-state index is -3.88. The normalized spacial score (nSPS) is 23.2. The van der Waals surface area contributed by atoms with Crippen LogP contribution in [0.2, 0.25) is 0 Å². The van der Waals surface area contributed by atoms with Crippen molar-refractivity contribution in [3.63, 3.8) is 0 Å². The van der Waals surface area contributed by atoms with Crippen LogP contribution in [-0.2, 0) is 19.6 Å². The third-order valence-corrected chi connectivity index (χ3v) is 7.46. The number of sulfonamides is 1. The van der Waals surface area contributed by atoms with Gasteiger partial charge in [-0.05, 0) is 45.2 Å². The third kappa shape index (κ3) is 4.73. The molecule has 2 saturated heterocycles. The summed E-state index contributed by atoms with van der Waals surface area (Å²) in [4.78, 5) is 25.0. The van der Waals surface area contributed by atoms with E-state index in [1.165, 1.54) is 16.4 Å². The van der Waals surface area contributed by atoms with Crippen LogP contribution in [0.4, 0.5) is 5.69 Å². The van der Waals surface area contributed by atoms with Crippen molar-refractivity contribution in [1.82, 2.24) is 9.21 Å². The van der Waals surface area contributed by atoms with E-state index in [2.05, 4.69) is 0 Å². The van der Waals surface area contributed by atoms with Crippen molar-refractivity contribution in [1.29, 1.82) is 0 Å². The van der Waals surface area contributed by atoms with Crippen LogP contribution in [0.15, 0.2) is 23.1 Å². The van der Waals surface area contributed by atoms with Crippen LogP contribution in [0.1, 0.15) is 33.1 Å². The average molecular weight is 442 g/mol. The number of carbonyl (C=O) groups excluding carboxylic acids is 1. The molecule has 10 nitrogen and oxygen atoms in total. The predicted octanol–water partition coefficient (Wildman–Crippen LogP) is 1.78. The number of carbonyl (C=O) groups is 1. The lowest BCUT2D eigenvalue weighted by molar-refractivity contribution is -0.386. The molecule has 2 aliphatic heterocycles. The molecule has 2 fully saturated rings. The van der Waals surface area contributed by atoms with Crippen LogP contribution < -0.4 is 4.74 Å². The van der Waals surface area contributed by atoms with Gasteiger partial charge in [0, 0.05) is 31.2 Å². The lowest BCUT2D eigenvalue weighted by atomic mass is 9.97. The number of benzene rings is 1. The molecule has 2 aliphatic rings. The molecular formula is C19H27N3O7S. The molecule has 2 atom stereocenters.